The van der Waals surface area contributed by atoms with Gasteiger partial charge in [0.05, 0.1) is 0 Å². The maximum absolute atomic E-state index is 12.4. The van der Waals surface area contributed by atoms with Gasteiger partial charge in [-0.05, 0) is 36.2 Å². The third-order valence-electron chi connectivity index (χ3n) is 2.93. The zero-order valence-electron chi connectivity index (χ0n) is 10.5. The third-order valence-corrected chi connectivity index (χ3v) is 2.93. The summed E-state index contributed by atoms with van der Waals surface area (Å²) in [6, 6.07) is 11.5. The number of nitrogens with one attached hydrogen (secondary N) is 1. The number of aromatic hydroxyl groups is 1. The molecule has 2 rings (SSSR count). The minimum absolute atomic E-state index is 0.0317. The fourth-order valence-corrected chi connectivity index (χ4v) is 1.75. The molecule has 0 heterocycles. The first-order valence-electron chi connectivity index (χ1n) is 5.97. The summed E-state index contributed by atoms with van der Waals surface area (Å²) in [7, 11) is 0. The molecule has 2 N–H and O–H groups in total. The molecule has 2 aromatic carbocycles. The van der Waals surface area contributed by atoms with Gasteiger partial charge >= 0.3 is 0 Å². The normalized spacial score (nSPS) is 10.7. The quantitative estimate of drug-likeness (QED) is 0.808. The van der Waals surface area contributed by atoms with Gasteiger partial charge in [0, 0.05) is 17.8 Å². The summed E-state index contributed by atoms with van der Waals surface area (Å²) in [5.74, 6) is 0.256. The molecule has 2 nitrogen and oxygen atoms in total. The second-order valence-corrected chi connectivity index (χ2v) is 4.40. The Morgan fingerprint density at radius 2 is 1.79 bits per heavy atom. The molecule has 19 heavy (non-hydrogen) atoms. The maximum atomic E-state index is 12.4. The Balaban J connectivity index is 2.00. The average Bonchev–Trinajstić information content (AvgIpc) is 2.40. The summed E-state index contributed by atoms with van der Waals surface area (Å²) in [4.78, 5) is 0. The van der Waals surface area contributed by atoms with Crippen LogP contribution < -0.4 is 5.32 Å². The van der Waals surface area contributed by atoms with E-state index in [0.29, 0.717) is 6.54 Å². The Morgan fingerprint density at radius 3 is 2.37 bits per heavy atom. The minimum Gasteiger partial charge on any atom is -0.508 e. The number of aryl methyl sites for hydroxylation is 1. The van der Waals surface area contributed by atoms with Gasteiger partial charge in [-0.3, -0.25) is 0 Å². The van der Waals surface area contributed by atoms with Crippen LogP contribution in [0.1, 0.15) is 23.1 Å². The lowest BCUT2D eigenvalue weighted by atomic mass is 10.1. The monoisotopic (exact) mass is 263 g/mol. The summed E-state index contributed by atoms with van der Waals surface area (Å²) in [6.45, 7) is 2.37. The number of hydrogen-bond donors (Lipinski definition) is 2. The highest BCUT2D eigenvalue weighted by Gasteiger charge is 2.05. The summed E-state index contributed by atoms with van der Waals surface area (Å²) in [5.41, 5.74) is 2.63. The summed E-state index contributed by atoms with van der Waals surface area (Å²) in [6.07, 6.45) is -2.43. The molecule has 0 aliphatic heterocycles. The predicted octanol–water partition coefficient (Wildman–Crippen LogP) is 4.25. The van der Waals surface area contributed by atoms with E-state index in [1.807, 2.05) is 13.0 Å². The number of alkyl halides is 2. The Morgan fingerprint density at radius 1 is 1.11 bits per heavy atom. The van der Waals surface area contributed by atoms with Crippen molar-refractivity contribution in [3.63, 3.8) is 0 Å². The molecule has 0 amide bonds. The van der Waals surface area contributed by atoms with Gasteiger partial charge < -0.3 is 10.4 Å². The van der Waals surface area contributed by atoms with E-state index in [4.69, 9.17) is 0 Å². The van der Waals surface area contributed by atoms with Crippen LogP contribution in [0.4, 0.5) is 14.5 Å². The molecule has 0 saturated heterocycles. The standard InChI is InChI=1S/C15H15F2NO/c1-10-8-13(6-7-14(10)19)18-9-11-2-4-12(5-3-11)15(16)17/h2-8,15,18-19H,9H2,1H3. The lowest BCUT2D eigenvalue weighted by Gasteiger charge is -2.09. The van der Waals surface area contributed by atoms with Crippen molar-refractivity contribution >= 4 is 5.69 Å². The fourth-order valence-electron chi connectivity index (χ4n) is 1.75. The number of benzene rings is 2. The molecule has 0 atom stereocenters. The first kappa shape index (κ1) is 13.3. The predicted molar refractivity (Wildman–Crippen MR) is 71.6 cm³/mol. The van der Waals surface area contributed by atoms with Crippen LogP contribution in [-0.2, 0) is 6.54 Å². The highest BCUT2D eigenvalue weighted by molar-refractivity contribution is 5.50. The second-order valence-electron chi connectivity index (χ2n) is 4.40. The summed E-state index contributed by atoms with van der Waals surface area (Å²) < 4.78 is 24.8. The molecule has 4 heteroatoms. The topological polar surface area (TPSA) is 32.3 Å². The van der Waals surface area contributed by atoms with E-state index in [1.165, 1.54) is 12.1 Å². The van der Waals surface area contributed by atoms with Gasteiger partial charge in [0.1, 0.15) is 5.75 Å². The highest BCUT2D eigenvalue weighted by Crippen LogP contribution is 2.21. The highest BCUT2D eigenvalue weighted by atomic mass is 19.3. The Hall–Kier alpha value is -2.10. The van der Waals surface area contributed by atoms with Crippen LogP contribution in [0.15, 0.2) is 42.5 Å². The van der Waals surface area contributed by atoms with E-state index >= 15 is 0 Å². The Bertz CT molecular complexity index is 553. The lowest BCUT2D eigenvalue weighted by Crippen LogP contribution is -1.99. The van der Waals surface area contributed by atoms with Gasteiger partial charge in [0.25, 0.3) is 6.43 Å². The molecule has 0 aromatic heterocycles. The fraction of sp³-hybridized carbons (Fsp3) is 0.200. The van der Waals surface area contributed by atoms with Crippen LogP contribution in [0, 0.1) is 6.92 Å². The van der Waals surface area contributed by atoms with Gasteiger partial charge in [-0.2, -0.15) is 0 Å². The molecule has 0 spiro atoms. The van der Waals surface area contributed by atoms with Crippen LogP contribution in [0.2, 0.25) is 0 Å². The molecule has 0 aliphatic rings. The zero-order valence-corrected chi connectivity index (χ0v) is 10.5. The Labute approximate surface area is 110 Å². The molecular formula is C15H15F2NO. The van der Waals surface area contributed by atoms with Crippen molar-refractivity contribution in [1.82, 2.24) is 0 Å². The number of phenols is 1. The molecule has 0 fully saturated rings. The molecule has 100 valence electrons. The van der Waals surface area contributed by atoms with Crippen molar-refractivity contribution in [2.75, 3.05) is 5.32 Å². The van der Waals surface area contributed by atoms with E-state index in [9.17, 15) is 13.9 Å². The second kappa shape index (κ2) is 5.69. The molecule has 0 unspecified atom stereocenters. The van der Waals surface area contributed by atoms with Gasteiger partial charge in [0.15, 0.2) is 0 Å². The molecule has 0 bridgehead atoms. The van der Waals surface area contributed by atoms with Crippen LogP contribution in [-0.4, -0.2) is 5.11 Å². The summed E-state index contributed by atoms with van der Waals surface area (Å²) >= 11 is 0. The van der Waals surface area contributed by atoms with E-state index < -0.39 is 6.43 Å². The molecule has 0 saturated carbocycles. The summed E-state index contributed by atoms with van der Waals surface area (Å²) in [5, 5.41) is 12.6. The largest absolute Gasteiger partial charge is 0.508 e. The number of anilines is 1. The van der Waals surface area contributed by atoms with Crippen LogP contribution in [0.25, 0.3) is 0 Å². The molecule has 0 aliphatic carbocycles. The first-order chi connectivity index (χ1) is 9.06. The van der Waals surface area contributed by atoms with Crippen LogP contribution in [0.5, 0.6) is 5.75 Å². The van der Waals surface area contributed by atoms with E-state index in [-0.39, 0.29) is 11.3 Å². The zero-order chi connectivity index (χ0) is 13.8. The van der Waals surface area contributed by atoms with Gasteiger partial charge in [-0.1, -0.05) is 24.3 Å². The smallest absolute Gasteiger partial charge is 0.263 e. The van der Waals surface area contributed by atoms with E-state index in [0.717, 1.165) is 16.8 Å². The molecular weight excluding hydrogens is 248 g/mol. The SMILES string of the molecule is Cc1cc(NCc2ccc(C(F)F)cc2)ccc1O. The lowest BCUT2D eigenvalue weighted by molar-refractivity contribution is 0.151. The Kier molecular flexibility index (Phi) is 4.00. The van der Waals surface area contributed by atoms with Gasteiger partial charge in [-0.25, -0.2) is 8.78 Å². The van der Waals surface area contributed by atoms with Crippen molar-refractivity contribution < 1.29 is 13.9 Å². The third kappa shape index (κ3) is 3.44. The van der Waals surface area contributed by atoms with Crippen LogP contribution >= 0.6 is 0 Å². The van der Waals surface area contributed by atoms with Crippen molar-refractivity contribution in [1.29, 1.82) is 0 Å². The van der Waals surface area contributed by atoms with Crippen molar-refractivity contribution in [2.24, 2.45) is 0 Å². The van der Waals surface area contributed by atoms with Crippen LogP contribution in [0.3, 0.4) is 0 Å². The molecule has 2 aromatic rings. The van der Waals surface area contributed by atoms with Crippen molar-refractivity contribution in [3.8, 4) is 5.75 Å². The van der Waals surface area contributed by atoms with E-state index in [1.54, 1.807) is 24.3 Å². The minimum atomic E-state index is -2.43. The van der Waals surface area contributed by atoms with Gasteiger partial charge in [-0.15, -0.1) is 0 Å². The number of phenolic OH excluding ortho intramolecular Hbond substituents is 1. The van der Waals surface area contributed by atoms with Crippen molar-refractivity contribution in [3.05, 3.63) is 59.2 Å². The first-order valence-corrected chi connectivity index (χ1v) is 5.97. The number of hydrogen-bond acceptors (Lipinski definition) is 2. The molecule has 0 radical (unpaired) electrons. The number of rotatable bonds is 4. The maximum Gasteiger partial charge on any atom is 0.263 e. The number of halogens is 2. The average molecular weight is 263 g/mol. The van der Waals surface area contributed by atoms with Crippen molar-refractivity contribution in [2.45, 2.75) is 19.9 Å². The van der Waals surface area contributed by atoms with Gasteiger partial charge in [0.2, 0.25) is 0 Å². The van der Waals surface area contributed by atoms with E-state index in [2.05, 4.69) is 5.32 Å².